The van der Waals surface area contributed by atoms with Crippen LogP contribution >= 0.6 is 0 Å². The molecule has 0 aliphatic rings. The van der Waals surface area contributed by atoms with Crippen LogP contribution in [0.25, 0.3) is 0 Å². The Bertz CT molecular complexity index is 394. The normalized spacial score (nSPS) is 11.1. The van der Waals surface area contributed by atoms with Crippen LogP contribution in [0.1, 0.15) is 34.6 Å². The van der Waals surface area contributed by atoms with Crippen molar-refractivity contribution < 1.29 is 9.90 Å². The highest BCUT2D eigenvalue weighted by molar-refractivity contribution is 5.89. The number of carboxylic acid groups (broad SMARTS) is 1. The van der Waals surface area contributed by atoms with E-state index < -0.39 is 5.97 Å². The highest BCUT2D eigenvalue weighted by Gasteiger charge is 2.13. The Morgan fingerprint density at radius 1 is 1.35 bits per heavy atom. The summed E-state index contributed by atoms with van der Waals surface area (Å²) in [5.74, 6) is -0.836. The van der Waals surface area contributed by atoms with Gasteiger partial charge in [-0.3, -0.25) is 0 Å². The van der Waals surface area contributed by atoms with Gasteiger partial charge in [-0.25, -0.2) is 4.79 Å². The number of hydrogen-bond donors (Lipinski definition) is 1. The van der Waals surface area contributed by atoms with Gasteiger partial charge in [-0.1, -0.05) is 0 Å². The van der Waals surface area contributed by atoms with Gasteiger partial charge in [0.2, 0.25) is 0 Å². The summed E-state index contributed by atoms with van der Waals surface area (Å²) in [6.07, 6.45) is 2.21. The maximum absolute atomic E-state index is 11.0. The number of hydrogen-bond acceptors (Lipinski definition) is 2. The van der Waals surface area contributed by atoms with Gasteiger partial charge >= 0.3 is 5.97 Å². The van der Waals surface area contributed by atoms with Crippen LogP contribution in [0.5, 0.6) is 0 Å². The van der Waals surface area contributed by atoms with Gasteiger partial charge in [-0.2, -0.15) is 0 Å². The van der Waals surface area contributed by atoms with Crippen molar-refractivity contribution in [1.29, 1.82) is 0 Å². The number of aromatic carboxylic acids is 1. The summed E-state index contributed by atoms with van der Waals surface area (Å²) in [6, 6.07) is 1.75. The number of aromatic nitrogens is 1. The van der Waals surface area contributed by atoms with Gasteiger partial charge in [0, 0.05) is 17.9 Å². The summed E-state index contributed by atoms with van der Waals surface area (Å²) in [4.78, 5) is 13.2. The molecule has 4 nitrogen and oxygen atoms in total. The highest BCUT2D eigenvalue weighted by Crippen LogP contribution is 2.15. The van der Waals surface area contributed by atoms with Crippen molar-refractivity contribution in [3.63, 3.8) is 0 Å². The van der Waals surface area contributed by atoms with Crippen molar-refractivity contribution in [2.24, 2.45) is 0 Å². The van der Waals surface area contributed by atoms with E-state index in [1.807, 2.05) is 13.8 Å². The molecule has 0 bridgehead atoms. The van der Waals surface area contributed by atoms with E-state index in [2.05, 4.69) is 23.6 Å². The van der Waals surface area contributed by atoms with E-state index >= 15 is 0 Å². The minimum Gasteiger partial charge on any atom is -0.478 e. The average molecular weight is 238 g/mol. The second-order valence-corrected chi connectivity index (χ2v) is 4.75. The smallest absolute Gasteiger partial charge is 0.337 e. The molecule has 0 aliphatic heterocycles. The van der Waals surface area contributed by atoms with Gasteiger partial charge < -0.3 is 14.6 Å². The number of carbonyl (C=O) groups is 1. The molecular formula is C13H22N2O2. The number of rotatable bonds is 6. The molecule has 0 spiro atoms. The maximum Gasteiger partial charge on any atom is 0.337 e. The zero-order valence-electron chi connectivity index (χ0n) is 11.2. The highest BCUT2D eigenvalue weighted by atomic mass is 16.4. The molecule has 1 rings (SSSR count). The molecule has 0 atom stereocenters. The fourth-order valence-electron chi connectivity index (χ4n) is 2.06. The maximum atomic E-state index is 11.0. The van der Waals surface area contributed by atoms with Crippen molar-refractivity contribution in [1.82, 2.24) is 9.47 Å². The quantitative estimate of drug-likeness (QED) is 0.772. The van der Waals surface area contributed by atoms with E-state index in [1.165, 1.54) is 0 Å². The minimum absolute atomic E-state index is 0.426. The molecular weight excluding hydrogens is 216 g/mol. The number of carboxylic acids is 1. The lowest BCUT2D eigenvalue weighted by Crippen LogP contribution is -2.14. The summed E-state index contributed by atoms with van der Waals surface area (Å²) in [5.41, 5.74) is 2.32. The van der Waals surface area contributed by atoms with E-state index in [4.69, 9.17) is 5.11 Å². The molecule has 4 heteroatoms. The number of aryl methyl sites for hydroxylation is 1. The van der Waals surface area contributed by atoms with Crippen molar-refractivity contribution in [2.45, 2.75) is 33.2 Å². The van der Waals surface area contributed by atoms with Crippen LogP contribution in [0.2, 0.25) is 0 Å². The van der Waals surface area contributed by atoms with Crippen LogP contribution in [0.4, 0.5) is 0 Å². The van der Waals surface area contributed by atoms with E-state index in [0.717, 1.165) is 37.3 Å². The standard InChI is InChI=1S/C13H22N2O2/c1-10-9-12(13(16)17)11(2)15(10)8-6-5-7-14(3)4/h9H,5-8H2,1-4H3,(H,16,17). The largest absolute Gasteiger partial charge is 0.478 e. The SMILES string of the molecule is Cc1cc(C(=O)O)c(C)n1CCCCN(C)C. The van der Waals surface area contributed by atoms with E-state index in [0.29, 0.717) is 5.56 Å². The van der Waals surface area contributed by atoms with Crippen LogP contribution in [-0.2, 0) is 6.54 Å². The first-order valence-corrected chi connectivity index (χ1v) is 5.98. The first-order valence-electron chi connectivity index (χ1n) is 5.98. The van der Waals surface area contributed by atoms with Crippen molar-refractivity contribution >= 4 is 5.97 Å². The van der Waals surface area contributed by atoms with Crippen LogP contribution in [0, 0.1) is 13.8 Å². The third kappa shape index (κ3) is 3.60. The molecule has 0 saturated heterocycles. The van der Waals surface area contributed by atoms with Crippen molar-refractivity contribution in [3.05, 3.63) is 23.0 Å². The fourth-order valence-corrected chi connectivity index (χ4v) is 2.06. The van der Waals surface area contributed by atoms with E-state index in [9.17, 15) is 4.79 Å². The molecule has 0 saturated carbocycles. The zero-order valence-corrected chi connectivity index (χ0v) is 11.2. The molecule has 0 unspecified atom stereocenters. The van der Waals surface area contributed by atoms with Crippen molar-refractivity contribution in [3.8, 4) is 0 Å². The molecule has 17 heavy (non-hydrogen) atoms. The molecule has 0 radical (unpaired) electrons. The Kier molecular flexibility index (Phi) is 4.75. The molecule has 96 valence electrons. The fraction of sp³-hybridized carbons (Fsp3) is 0.615. The van der Waals surface area contributed by atoms with Gasteiger partial charge in [0.15, 0.2) is 0 Å². The van der Waals surface area contributed by atoms with Crippen LogP contribution < -0.4 is 0 Å². The molecule has 1 aromatic rings. The lowest BCUT2D eigenvalue weighted by atomic mass is 10.2. The predicted octanol–water partition coefficient (Wildman–Crippen LogP) is 2.14. The van der Waals surface area contributed by atoms with Gasteiger partial charge in [0.25, 0.3) is 0 Å². The summed E-state index contributed by atoms with van der Waals surface area (Å²) in [6.45, 7) is 5.82. The average Bonchev–Trinajstić information content (AvgIpc) is 2.50. The Hall–Kier alpha value is -1.29. The van der Waals surface area contributed by atoms with Crippen LogP contribution in [-0.4, -0.2) is 41.2 Å². The minimum atomic E-state index is -0.836. The molecule has 0 fully saturated rings. The second kappa shape index (κ2) is 5.87. The first-order chi connectivity index (χ1) is 7.93. The topological polar surface area (TPSA) is 45.5 Å². The third-order valence-electron chi connectivity index (χ3n) is 3.04. The first kappa shape index (κ1) is 13.8. The summed E-state index contributed by atoms with van der Waals surface area (Å²) in [7, 11) is 4.13. The molecule has 1 aromatic heterocycles. The molecule has 0 aromatic carbocycles. The Morgan fingerprint density at radius 3 is 2.47 bits per heavy atom. The number of nitrogens with zero attached hydrogens (tertiary/aromatic N) is 2. The summed E-state index contributed by atoms with van der Waals surface area (Å²) < 4.78 is 2.10. The van der Waals surface area contributed by atoms with Gasteiger partial charge in [0.1, 0.15) is 0 Å². The number of unbranched alkanes of at least 4 members (excludes halogenated alkanes) is 1. The van der Waals surface area contributed by atoms with Crippen LogP contribution in [0.3, 0.4) is 0 Å². The molecule has 1 N–H and O–H groups in total. The second-order valence-electron chi connectivity index (χ2n) is 4.75. The lowest BCUT2D eigenvalue weighted by Gasteiger charge is -2.11. The Morgan fingerprint density at radius 2 is 2.00 bits per heavy atom. The molecule has 0 aliphatic carbocycles. The molecule has 1 heterocycles. The lowest BCUT2D eigenvalue weighted by molar-refractivity contribution is 0.0696. The van der Waals surface area contributed by atoms with E-state index in [-0.39, 0.29) is 0 Å². The third-order valence-corrected chi connectivity index (χ3v) is 3.04. The van der Waals surface area contributed by atoms with Crippen molar-refractivity contribution in [2.75, 3.05) is 20.6 Å². The Balaban J connectivity index is 2.62. The zero-order chi connectivity index (χ0) is 13.0. The monoisotopic (exact) mass is 238 g/mol. The summed E-state index contributed by atoms with van der Waals surface area (Å²) >= 11 is 0. The summed E-state index contributed by atoms with van der Waals surface area (Å²) in [5, 5.41) is 9.03. The van der Waals surface area contributed by atoms with Gasteiger partial charge in [-0.05, 0) is 53.4 Å². The van der Waals surface area contributed by atoms with Gasteiger partial charge in [0.05, 0.1) is 5.56 Å². The predicted molar refractivity (Wildman–Crippen MR) is 68.7 cm³/mol. The van der Waals surface area contributed by atoms with E-state index in [1.54, 1.807) is 6.07 Å². The van der Waals surface area contributed by atoms with Gasteiger partial charge in [-0.15, -0.1) is 0 Å². The Labute approximate surface area is 103 Å². The molecule has 0 amide bonds. The van der Waals surface area contributed by atoms with Crippen LogP contribution in [0.15, 0.2) is 6.07 Å².